The van der Waals surface area contributed by atoms with Gasteiger partial charge in [-0.05, 0) is 30.5 Å². The molecule has 3 aromatic heterocycles. The number of carboxylic acid groups (broad SMARTS) is 1. The third kappa shape index (κ3) is 7.43. The van der Waals surface area contributed by atoms with E-state index in [0.717, 1.165) is 37.6 Å². The summed E-state index contributed by atoms with van der Waals surface area (Å²) in [6.45, 7) is 7.45. The van der Waals surface area contributed by atoms with Gasteiger partial charge in [0.05, 0.1) is 18.3 Å². The minimum absolute atomic E-state index is 0.178. The molecule has 194 valence electrons. The Morgan fingerprint density at radius 1 is 1.08 bits per heavy atom. The van der Waals surface area contributed by atoms with Crippen molar-refractivity contribution in [2.45, 2.75) is 26.7 Å². The van der Waals surface area contributed by atoms with Crippen molar-refractivity contribution in [1.82, 2.24) is 25.3 Å². The van der Waals surface area contributed by atoms with E-state index in [-0.39, 0.29) is 18.2 Å². The van der Waals surface area contributed by atoms with Gasteiger partial charge in [0, 0.05) is 68.0 Å². The van der Waals surface area contributed by atoms with Crippen molar-refractivity contribution < 1.29 is 14.7 Å². The third-order valence-electron chi connectivity index (χ3n) is 5.94. The first-order chi connectivity index (χ1) is 17.9. The van der Waals surface area contributed by atoms with Crippen molar-refractivity contribution in [2.75, 3.05) is 41.7 Å². The first-order valence-corrected chi connectivity index (χ1v) is 12.4. The van der Waals surface area contributed by atoms with E-state index >= 15 is 0 Å². The smallest absolute Gasteiger partial charge is 0.304 e. The van der Waals surface area contributed by atoms with Crippen LogP contribution < -0.4 is 20.9 Å². The third-order valence-corrected chi connectivity index (χ3v) is 5.94. The molecule has 37 heavy (non-hydrogen) atoms. The van der Waals surface area contributed by atoms with Gasteiger partial charge in [0.1, 0.15) is 17.5 Å². The van der Waals surface area contributed by atoms with Crippen molar-refractivity contribution in [3.05, 3.63) is 49.1 Å². The predicted molar refractivity (Wildman–Crippen MR) is 142 cm³/mol. The number of carbonyl (C=O) groups excluding carboxylic acids is 1. The lowest BCUT2D eigenvalue weighted by Gasteiger charge is -2.28. The average molecular weight is 505 g/mol. The SMILES string of the molecule is CC(C)CC(CC(=O)O)C(=O)Nc1cc(Nc2cnccn2)nc(-c2ccnc(N3CCNCC3)c2)c1. The molecule has 1 saturated heterocycles. The number of hydrogen-bond acceptors (Lipinski definition) is 9. The second kappa shape index (κ2) is 12.2. The van der Waals surface area contributed by atoms with Gasteiger partial charge >= 0.3 is 5.97 Å². The molecule has 0 bridgehead atoms. The molecule has 1 atom stereocenters. The highest BCUT2D eigenvalue weighted by molar-refractivity contribution is 5.95. The lowest BCUT2D eigenvalue weighted by Crippen LogP contribution is -2.43. The first-order valence-electron chi connectivity index (χ1n) is 12.4. The van der Waals surface area contributed by atoms with Crippen LogP contribution in [0.2, 0.25) is 0 Å². The van der Waals surface area contributed by atoms with E-state index in [2.05, 4.69) is 35.8 Å². The van der Waals surface area contributed by atoms with Crippen LogP contribution >= 0.6 is 0 Å². The van der Waals surface area contributed by atoms with Crippen LogP contribution in [-0.4, -0.2) is 63.1 Å². The maximum atomic E-state index is 13.1. The lowest BCUT2D eigenvalue weighted by molar-refractivity contribution is -0.140. The van der Waals surface area contributed by atoms with Crippen molar-refractivity contribution in [3.8, 4) is 11.3 Å². The zero-order valence-corrected chi connectivity index (χ0v) is 21.0. The monoisotopic (exact) mass is 504 g/mol. The highest BCUT2D eigenvalue weighted by Crippen LogP contribution is 2.28. The Balaban J connectivity index is 1.66. The number of piperazine rings is 1. The van der Waals surface area contributed by atoms with Crippen LogP contribution in [0.4, 0.5) is 23.1 Å². The summed E-state index contributed by atoms with van der Waals surface area (Å²) in [5, 5.41) is 18.7. The molecule has 1 amide bonds. The number of anilines is 4. The Morgan fingerprint density at radius 2 is 1.89 bits per heavy atom. The van der Waals surface area contributed by atoms with Gasteiger partial charge in [-0.3, -0.25) is 14.6 Å². The normalized spacial score (nSPS) is 14.3. The van der Waals surface area contributed by atoms with Crippen LogP contribution in [0, 0.1) is 11.8 Å². The highest BCUT2D eigenvalue weighted by Gasteiger charge is 2.23. The molecule has 0 saturated carbocycles. The van der Waals surface area contributed by atoms with Gasteiger partial charge in [0.25, 0.3) is 0 Å². The number of aromatic nitrogens is 4. The molecule has 0 spiro atoms. The molecule has 1 fully saturated rings. The molecule has 3 aromatic rings. The number of nitrogens with one attached hydrogen (secondary N) is 3. The largest absolute Gasteiger partial charge is 0.481 e. The molecule has 4 rings (SSSR count). The molecule has 11 nitrogen and oxygen atoms in total. The Labute approximate surface area is 215 Å². The van der Waals surface area contributed by atoms with Gasteiger partial charge in [0.15, 0.2) is 0 Å². The fraction of sp³-hybridized carbons (Fsp3) is 0.385. The van der Waals surface area contributed by atoms with E-state index in [0.29, 0.717) is 29.4 Å². The van der Waals surface area contributed by atoms with Crippen molar-refractivity contribution in [1.29, 1.82) is 0 Å². The molecular weight excluding hydrogens is 472 g/mol. The van der Waals surface area contributed by atoms with Crippen LogP contribution in [0.5, 0.6) is 0 Å². The van der Waals surface area contributed by atoms with Crippen LogP contribution in [-0.2, 0) is 9.59 Å². The second-order valence-corrected chi connectivity index (χ2v) is 9.40. The van der Waals surface area contributed by atoms with Gasteiger partial charge in [-0.15, -0.1) is 0 Å². The van der Waals surface area contributed by atoms with Gasteiger partial charge in [-0.25, -0.2) is 15.0 Å². The number of rotatable bonds is 10. The Morgan fingerprint density at radius 3 is 2.59 bits per heavy atom. The van der Waals surface area contributed by atoms with Crippen molar-refractivity contribution in [2.24, 2.45) is 11.8 Å². The summed E-state index contributed by atoms with van der Waals surface area (Å²) < 4.78 is 0. The minimum atomic E-state index is -1.00. The fourth-order valence-corrected chi connectivity index (χ4v) is 4.26. The van der Waals surface area contributed by atoms with Gasteiger partial charge < -0.3 is 26.0 Å². The molecule has 1 unspecified atom stereocenters. The summed E-state index contributed by atoms with van der Waals surface area (Å²) in [4.78, 5) is 44.3. The summed E-state index contributed by atoms with van der Waals surface area (Å²) in [7, 11) is 0. The van der Waals surface area contributed by atoms with Crippen LogP contribution in [0.1, 0.15) is 26.7 Å². The van der Waals surface area contributed by atoms with Crippen LogP contribution in [0.25, 0.3) is 11.3 Å². The van der Waals surface area contributed by atoms with E-state index in [1.165, 1.54) is 0 Å². The summed E-state index contributed by atoms with van der Waals surface area (Å²) >= 11 is 0. The van der Waals surface area contributed by atoms with Gasteiger partial charge in [0.2, 0.25) is 5.91 Å². The van der Waals surface area contributed by atoms with Crippen LogP contribution in [0.15, 0.2) is 49.1 Å². The minimum Gasteiger partial charge on any atom is -0.481 e. The molecule has 0 radical (unpaired) electrons. The summed E-state index contributed by atoms with van der Waals surface area (Å²) in [5.74, 6) is 0.0187. The maximum absolute atomic E-state index is 13.1. The highest BCUT2D eigenvalue weighted by atomic mass is 16.4. The van der Waals surface area contributed by atoms with Crippen molar-refractivity contribution >= 4 is 35.0 Å². The number of pyridine rings is 2. The number of hydrogen-bond donors (Lipinski definition) is 4. The van der Waals surface area contributed by atoms with E-state index in [1.807, 2.05) is 26.0 Å². The van der Waals surface area contributed by atoms with E-state index in [4.69, 9.17) is 4.98 Å². The zero-order valence-electron chi connectivity index (χ0n) is 21.0. The summed E-state index contributed by atoms with van der Waals surface area (Å²) in [6.07, 6.45) is 6.71. The maximum Gasteiger partial charge on any atom is 0.304 e. The average Bonchev–Trinajstić information content (AvgIpc) is 2.89. The molecular formula is C26H32N8O3. The fourth-order valence-electron chi connectivity index (χ4n) is 4.26. The number of nitrogens with zero attached hydrogens (tertiary/aromatic N) is 5. The standard InChI is InChI=1S/C26H32N8O3/c1-17(2)11-19(13-25(35)36)26(37)31-20-14-21(32-22(15-20)33-23-16-28-5-6-29-23)18-3-4-30-24(12-18)34-9-7-27-8-10-34/h3-6,12,14-17,19,27H,7-11,13H2,1-2H3,(H,35,36)(H2,29,31,32,33,37). The molecule has 0 aliphatic carbocycles. The molecule has 4 N–H and O–H groups in total. The van der Waals surface area contributed by atoms with Crippen molar-refractivity contribution in [3.63, 3.8) is 0 Å². The number of carboxylic acids is 1. The molecule has 4 heterocycles. The predicted octanol–water partition coefficient (Wildman–Crippen LogP) is 3.16. The number of amides is 1. The molecule has 0 aromatic carbocycles. The molecule has 1 aliphatic rings. The summed E-state index contributed by atoms with van der Waals surface area (Å²) in [6, 6.07) is 7.33. The van der Waals surface area contributed by atoms with Gasteiger partial charge in [-0.2, -0.15) is 0 Å². The zero-order chi connectivity index (χ0) is 26.2. The Bertz CT molecular complexity index is 1220. The quantitative estimate of drug-likeness (QED) is 0.325. The Hall–Kier alpha value is -4.12. The lowest BCUT2D eigenvalue weighted by atomic mass is 9.93. The summed E-state index contributed by atoms with van der Waals surface area (Å²) in [5.41, 5.74) is 1.97. The van der Waals surface area contributed by atoms with E-state index in [1.54, 1.807) is 36.9 Å². The molecule has 1 aliphatic heterocycles. The van der Waals surface area contributed by atoms with E-state index < -0.39 is 11.9 Å². The van der Waals surface area contributed by atoms with Gasteiger partial charge in [-0.1, -0.05) is 13.8 Å². The molecule has 11 heteroatoms. The topological polar surface area (TPSA) is 145 Å². The first kappa shape index (κ1) is 26.0. The Kier molecular flexibility index (Phi) is 8.57. The second-order valence-electron chi connectivity index (χ2n) is 9.40. The number of carbonyl (C=O) groups is 2. The van der Waals surface area contributed by atoms with Crippen LogP contribution in [0.3, 0.4) is 0 Å². The van der Waals surface area contributed by atoms with E-state index in [9.17, 15) is 14.7 Å². The number of aliphatic carboxylic acids is 1.